The number of rotatable bonds is 14. The number of benzene rings is 1. The standard InChI is InChI=1S/C34H53N3O3/c1-10-12-13-27(3)24-36-26-37(18-19-38-7)34(32(36)23-33(5,6)28(4)11-2)14-16-35(17-15-34)25-29-20-30(39-8)22-31(21-29)40-9/h11-13,20-23,28H,2-3,10,14-19,24-26H2,1,4-9H3/b13-12-,32-23-. The zero-order chi connectivity index (χ0) is 29.3. The third-order valence-corrected chi connectivity index (χ3v) is 8.85. The molecule has 1 atom stereocenters. The second kappa shape index (κ2) is 14.4. The molecule has 6 heteroatoms. The smallest absolute Gasteiger partial charge is 0.122 e. The van der Waals surface area contributed by atoms with Gasteiger partial charge in [0, 0.05) is 51.6 Å². The highest BCUT2D eigenvalue weighted by molar-refractivity contribution is 5.38. The maximum Gasteiger partial charge on any atom is 0.122 e. The normalized spacial score (nSPS) is 20.0. The number of piperidine rings is 1. The summed E-state index contributed by atoms with van der Waals surface area (Å²) in [5.41, 5.74) is 3.75. The lowest BCUT2D eigenvalue weighted by Gasteiger charge is -2.46. The predicted molar refractivity (Wildman–Crippen MR) is 167 cm³/mol. The summed E-state index contributed by atoms with van der Waals surface area (Å²) in [5.74, 6) is 2.03. The van der Waals surface area contributed by atoms with E-state index in [0.29, 0.717) is 5.92 Å². The molecule has 2 heterocycles. The molecule has 40 heavy (non-hydrogen) atoms. The van der Waals surface area contributed by atoms with Crippen molar-refractivity contribution in [2.45, 2.75) is 59.0 Å². The summed E-state index contributed by atoms with van der Waals surface area (Å²) in [7, 11) is 5.21. The number of hydrogen-bond donors (Lipinski definition) is 0. The maximum absolute atomic E-state index is 5.59. The second-order valence-electron chi connectivity index (χ2n) is 12.0. The molecule has 1 unspecified atom stereocenters. The van der Waals surface area contributed by atoms with Crippen LogP contribution in [0.3, 0.4) is 0 Å². The molecule has 2 saturated heterocycles. The number of nitrogens with zero attached hydrogens (tertiary/aromatic N) is 3. The van der Waals surface area contributed by atoms with Crippen LogP contribution in [0.1, 0.15) is 52.5 Å². The maximum atomic E-state index is 5.59. The van der Waals surface area contributed by atoms with Crippen molar-refractivity contribution in [3.05, 3.63) is 72.5 Å². The number of hydrogen-bond acceptors (Lipinski definition) is 6. The molecule has 222 valence electrons. The highest BCUT2D eigenvalue weighted by Gasteiger charge is 2.50. The minimum Gasteiger partial charge on any atom is -0.497 e. The van der Waals surface area contributed by atoms with Crippen molar-refractivity contribution in [1.82, 2.24) is 14.7 Å². The molecule has 0 aromatic heterocycles. The summed E-state index contributed by atoms with van der Waals surface area (Å²) in [4.78, 5) is 7.80. The molecule has 6 nitrogen and oxygen atoms in total. The molecular weight excluding hydrogens is 498 g/mol. The Balaban J connectivity index is 1.93. The van der Waals surface area contributed by atoms with Crippen LogP contribution in [0.2, 0.25) is 0 Å². The fraction of sp³-hybridized carbons (Fsp3) is 0.588. The van der Waals surface area contributed by atoms with Crippen LogP contribution < -0.4 is 9.47 Å². The summed E-state index contributed by atoms with van der Waals surface area (Å²) in [5, 5.41) is 0. The van der Waals surface area contributed by atoms with Crippen LogP contribution >= 0.6 is 0 Å². The van der Waals surface area contributed by atoms with Crippen molar-refractivity contribution < 1.29 is 14.2 Å². The Morgan fingerprint density at radius 2 is 1.75 bits per heavy atom. The van der Waals surface area contributed by atoms with Crippen LogP contribution in [0.5, 0.6) is 11.5 Å². The van der Waals surface area contributed by atoms with Crippen LogP contribution in [0.4, 0.5) is 0 Å². The fourth-order valence-electron chi connectivity index (χ4n) is 5.96. The first-order chi connectivity index (χ1) is 19.1. The van der Waals surface area contributed by atoms with Gasteiger partial charge >= 0.3 is 0 Å². The lowest BCUT2D eigenvalue weighted by molar-refractivity contribution is 0.0472. The van der Waals surface area contributed by atoms with Gasteiger partial charge in [-0.15, -0.1) is 6.58 Å². The van der Waals surface area contributed by atoms with E-state index in [0.717, 1.165) is 82.3 Å². The van der Waals surface area contributed by atoms with Crippen molar-refractivity contribution >= 4 is 0 Å². The van der Waals surface area contributed by atoms with Gasteiger partial charge in [-0.2, -0.15) is 0 Å². The van der Waals surface area contributed by atoms with E-state index in [1.165, 1.54) is 11.3 Å². The van der Waals surface area contributed by atoms with E-state index in [4.69, 9.17) is 14.2 Å². The zero-order valence-electron chi connectivity index (χ0n) is 26.2. The van der Waals surface area contributed by atoms with E-state index in [9.17, 15) is 0 Å². The summed E-state index contributed by atoms with van der Waals surface area (Å²) < 4.78 is 16.6. The van der Waals surface area contributed by atoms with Gasteiger partial charge in [0.25, 0.3) is 0 Å². The first kappa shape index (κ1) is 32.0. The molecule has 2 fully saturated rings. The monoisotopic (exact) mass is 551 g/mol. The van der Waals surface area contributed by atoms with Crippen LogP contribution in [0.25, 0.3) is 0 Å². The summed E-state index contributed by atoms with van der Waals surface area (Å²) in [6, 6.07) is 6.17. The van der Waals surface area contributed by atoms with Crippen molar-refractivity contribution in [3.63, 3.8) is 0 Å². The summed E-state index contributed by atoms with van der Waals surface area (Å²) >= 11 is 0. The molecule has 3 rings (SSSR count). The SMILES string of the molecule is C=CC(C)C(C)(C)/C=C1\N(CC(=C)/C=C\CC)CN(CCOC)C12CCN(Cc1cc(OC)cc(OC)c1)CC2. The van der Waals surface area contributed by atoms with E-state index in [1.54, 1.807) is 21.3 Å². The molecule has 1 aromatic carbocycles. The molecule has 0 N–H and O–H groups in total. The minimum atomic E-state index is -0.0337. The molecule has 2 aliphatic rings. The molecule has 0 aliphatic carbocycles. The topological polar surface area (TPSA) is 37.4 Å². The molecular formula is C34H53N3O3. The number of methoxy groups -OCH3 is 3. The molecule has 1 spiro atoms. The molecule has 1 aromatic rings. The van der Waals surface area contributed by atoms with Crippen LogP contribution in [0.15, 0.2) is 66.9 Å². The Morgan fingerprint density at radius 3 is 2.30 bits per heavy atom. The largest absolute Gasteiger partial charge is 0.497 e. The highest BCUT2D eigenvalue weighted by Crippen LogP contribution is 2.46. The van der Waals surface area contributed by atoms with E-state index in [1.807, 2.05) is 6.07 Å². The third kappa shape index (κ3) is 7.59. The van der Waals surface area contributed by atoms with E-state index in [2.05, 4.69) is 92.0 Å². The fourth-order valence-corrected chi connectivity index (χ4v) is 5.96. The van der Waals surface area contributed by atoms with Gasteiger partial charge in [0.15, 0.2) is 0 Å². The molecule has 0 saturated carbocycles. The van der Waals surface area contributed by atoms with Crippen molar-refractivity contribution in [2.24, 2.45) is 11.3 Å². The first-order valence-corrected chi connectivity index (χ1v) is 14.8. The van der Waals surface area contributed by atoms with Gasteiger partial charge < -0.3 is 19.1 Å². The van der Waals surface area contributed by atoms with Crippen LogP contribution in [-0.2, 0) is 11.3 Å². The summed E-state index contributed by atoms with van der Waals surface area (Å²) in [6.07, 6.45) is 12.2. The van der Waals surface area contributed by atoms with Gasteiger partial charge in [0.1, 0.15) is 11.5 Å². The second-order valence-corrected chi connectivity index (χ2v) is 12.0. The van der Waals surface area contributed by atoms with Gasteiger partial charge in [-0.3, -0.25) is 9.80 Å². The number of ether oxygens (including phenoxy) is 3. The van der Waals surface area contributed by atoms with E-state index < -0.39 is 0 Å². The Morgan fingerprint density at radius 1 is 1.10 bits per heavy atom. The van der Waals surface area contributed by atoms with E-state index in [-0.39, 0.29) is 11.0 Å². The van der Waals surface area contributed by atoms with E-state index >= 15 is 0 Å². The van der Waals surface area contributed by atoms with Crippen LogP contribution in [-0.4, -0.2) is 81.0 Å². The lowest BCUT2D eigenvalue weighted by atomic mass is 9.75. The molecule has 0 radical (unpaired) electrons. The van der Waals surface area contributed by atoms with Gasteiger partial charge in [-0.05, 0) is 53.9 Å². The quantitative estimate of drug-likeness (QED) is 0.194. The van der Waals surface area contributed by atoms with Gasteiger partial charge in [0.05, 0.1) is 33.0 Å². The molecule has 0 amide bonds. The molecule has 0 bridgehead atoms. The Labute approximate surface area is 243 Å². The Kier molecular flexibility index (Phi) is 11.5. The Bertz CT molecular complexity index is 1030. The van der Waals surface area contributed by atoms with Gasteiger partial charge in [0.2, 0.25) is 0 Å². The Hall–Kier alpha value is -2.54. The average Bonchev–Trinajstić information content (AvgIpc) is 3.21. The minimum absolute atomic E-state index is 0.0194. The van der Waals surface area contributed by atoms with Crippen molar-refractivity contribution in [2.75, 3.05) is 60.8 Å². The highest BCUT2D eigenvalue weighted by atomic mass is 16.5. The number of likely N-dealkylation sites (tertiary alicyclic amines) is 1. The van der Waals surface area contributed by atoms with Gasteiger partial charge in [-0.1, -0.05) is 58.6 Å². The average molecular weight is 552 g/mol. The zero-order valence-corrected chi connectivity index (χ0v) is 26.2. The summed E-state index contributed by atoms with van der Waals surface area (Å²) in [6.45, 7) is 23.9. The number of allylic oxidation sites excluding steroid dienone is 3. The predicted octanol–water partition coefficient (Wildman–Crippen LogP) is 6.51. The third-order valence-electron chi connectivity index (χ3n) is 8.85. The van der Waals surface area contributed by atoms with Crippen LogP contribution in [0, 0.1) is 11.3 Å². The van der Waals surface area contributed by atoms with Gasteiger partial charge in [-0.25, -0.2) is 0 Å². The first-order valence-electron chi connectivity index (χ1n) is 14.8. The van der Waals surface area contributed by atoms with Crippen molar-refractivity contribution in [1.29, 1.82) is 0 Å². The lowest BCUT2D eigenvalue weighted by Crippen LogP contribution is -2.53. The van der Waals surface area contributed by atoms with Crippen molar-refractivity contribution in [3.8, 4) is 11.5 Å². The molecule has 2 aliphatic heterocycles.